The van der Waals surface area contributed by atoms with Gasteiger partial charge in [0.15, 0.2) is 0 Å². The molecule has 1 aliphatic rings. The molecule has 144 valence electrons. The van der Waals surface area contributed by atoms with E-state index in [4.69, 9.17) is 4.98 Å². The molecule has 0 atom stereocenters. The van der Waals surface area contributed by atoms with E-state index in [2.05, 4.69) is 70.7 Å². The predicted octanol–water partition coefficient (Wildman–Crippen LogP) is 5.30. The number of rotatable bonds is 5. The van der Waals surface area contributed by atoms with E-state index >= 15 is 0 Å². The summed E-state index contributed by atoms with van der Waals surface area (Å²) in [6.07, 6.45) is 3.59. The zero-order valence-electron chi connectivity index (χ0n) is 16.7. The number of benzene rings is 2. The van der Waals surface area contributed by atoms with E-state index in [1.165, 1.54) is 30.4 Å². The highest BCUT2D eigenvalue weighted by Crippen LogP contribution is 2.26. The highest BCUT2D eigenvalue weighted by Gasteiger charge is 2.21. The van der Waals surface area contributed by atoms with E-state index in [1.54, 1.807) is 0 Å². The minimum atomic E-state index is 0.673. The number of aryl methyl sites for hydroxylation is 2. The maximum Gasteiger partial charge on any atom is 0.229 e. The third-order valence-electron chi connectivity index (χ3n) is 5.42. The smallest absolute Gasteiger partial charge is 0.229 e. The van der Waals surface area contributed by atoms with Gasteiger partial charge in [-0.3, -0.25) is 0 Å². The first kappa shape index (κ1) is 18.5. The average molecular weight is 373 g/mol. The maximum absolute atomic E-state index is 4.79. The van der Waals surface area contributed by atoms with Gasteiger partial charge in [-0.1, -0.05) is 42.5 Å². The number of aromatic nitrogens is 2. The van der Waals surface area contributed by atoms with E-state index < -0.39 is 0 Å². The lowest BCUT2D eigenvalue weighted by atomic mass is 9.90. The normalized spacial score (nSPS) is 14.9. The van der Waals surface area contributed by atoms with Gasteiger partial charge in [-0.15, -0.1) is 0 Å². The Hall–Kier alpha value is -2.88. The lowest BCUT2D eigenvalue weighted by Gasteiger charge is -2.33. The van der Waals surface area contributed by atoms with Crippen molar-refractivity contribution in [1.82, 2.24) is 9.97 Å². The van der Waals surface area contributed by atoms with Crippen molar-refractivity contribution in [3.05, 3.63) is 77.5 Å². The summed E-state index contributed by atoms with van der Waals surface area (Å²) in [6, 6.07) is 21.2. The Balaban J connectivity index is 1.41. The van der Waals surface area contributed by atoms with E-state index in [-0.39, 0.29) is 0 Å². The van der Waals surface area contributed by atoms with Crippen molar-refractivity contribution in [3.63, 3.8) is 0 Å². The molecule has 2 heterocycles. The van der Waals surface area contributed by atoms with Crippen molar-refractivity contribution in [3.8, 4) is 0 Å². The molecule has 0 spiro atoms. The van der Waals surface area contributed by atoms with Crippen LogP contribution in [0.25, 0.3) is 0 Å². The topological polar surface area (TPSA) is 41.1 Å². The third-order valence-corrected chi connectivity index (χ3v) is 5.42. The van der Waals surface area contributed by atoms with Gasteiger partial charge in [-0.2, -0.15) is 4.98 Å². The lowest BCUT2D eigenvalue weighted by molar-refractivity contribution is 0.402. The van der Waals surface area contributed by atoms with Gasteiger partial charge < -0.3 is 10.2 Å². The first-order valence-electron chi connectivity index (χ1n) is 10.1. The summed E-state index contributed by atoms with van der Waals surface area (Å²) >= 11 is 0. The molecule has 3 aromatic rings. The first-order valence-corrected chi connectivity index (χ1v) is 10.1. The van der Waals surface area contributed by atoms with E-state index in [9.17, 15) is 0 Å². The van der Waals surface area contributed by atoms with Crippen LogP contribution in [0.15, 0.2) is 60.7 Å². The van der Waals surface area contributed by atoms with Crippen LogP contribution in [0.1, 0.15) is 29.7 Å². The Kier molecular flexibility index (Phi) is 5.56. The number of hydrogen-bond donors (Lipinski definition) is 1. The largest absolute Gasteiger partial charge is 0.356 e. The van der Waals surface area contributed by atoms with Crippen LogP contribution in [0.4, 0.5) is 17.5 Å². The predicted molar refractivity (Wildman–Crippen MR) is 116 cm³/mol. The highest BCUT2D eigenvalue weighted by molar-refractivity contribution is 5.56. The fourth-order valence-corrected chi connectivity index (χ4v) is 3.94. The lowest BCUT2D eigenvalue weighted by Crippen LogP contribution is -2.35. The molecule has 0 saturated carbocycles. The summed E-state index contributed by atoms with van der Waals surface area (Å²) in [4.78, 5) is 11.8. The van der Waals surface area contributed by atoms with Gasteiger partial charge in [0.25, 0.3) is 0 Å². The fraction of sp³-hybridized carbons (Fsp3) is 0.333. The second-order valence-electron chi connectivity index (χ2n) is 7.81. The van der Waals surface area contributed by atoms with Crippen molar-refractivity contribution in [2.75, 3.05) is 23.3 Å². The fourth-order valence-electron chi connectivity index (χ4n) is 3.94. The van der Waals surface area contributed by atoms with Gasteiger partial charge in [0, 0.05) is 30.5 Å². The molecular weight excluding hydrogens is 344 g/mol. The molecule has 28 heavy (non-hydrogen) atoms. The highest BCUT2D eigenvalue weighted by atomic mass is 15.2. The van der Waals surface area contributed by atoms with Gasteiger partial charge >= 0.3 is 0 Å². The summed E-state index contributed by atoms with van der Waals surface area (Å²) in [7, 11) is 0. The molecule has 4 nitrogen and oxygen atoms in total. The van der Waals surface area contributed by atoms with Crippen LogP contribution in [0, 0.1) is 19.8 Å². The molecule has 4 rings (SSSR count). The SMILES string of the molecule is Cc1cccc(Nc2nc(C)cc(N3CCC(Cc4ccccc4)CC3)n2)c1. The summed E-state index contributed by atoms with van der Waals surface area (Å²) < 4.78 is 0. The molecule has 1 saturated heterocycles. The quantitative estimate of drug-likeness (QED) is 0.660. The molecule has 1 aromatic heterocycles. The van der Waals surface area contributed by atoms with Gasteiger partial charge in [0.1, 0.15) is 5.82 Å². The molecule has 2 aromatic carbocycles. The van der Waals surface area contributed by atoms with Crippen molar-refractivity contribution < 1.29 is 0 Å². The summed E-state index contributed by atoms with van der Waals surface area (Å²) in [5.41, 5.74) is 4.69. The summed E-state index contributed by atoms with van der Waals surface area (Å²) in [5.74, 6) is 2.46. The van der Waals surface area contributed by atoms with Crippen molar-refractivity contribution in [1.29, 1.82) is 0 Å². The Morgan fingerprint density at radius 2 is 1.71 bits per heavy atom. The third kappa shape index (κ3) is 4.69. The molecule has 0 amide bonds. The Labute approximate surface area is 167 Å². The van der Waals surface area contributed by atoms with Crippen LogP contribution in [0.3, 0.4) is 0 Å². The molecule has 1 aliphatic heterocycles. The van der Waals surface area contributed by atoms with Gasteiger partial charge in [-0.05, 0) is 62.3 Å². The monoisotopic (exact) mass is 372 g/mol. The van der Waals surface area contributed by atoms with E-state index in [1.807, 2.05) is 19.1 Å². The van der Waals surface area contributed by atoms with Crippen LogP contribution in [-0.4, -0.2) is 23.1 Å². The minimum Gasteiger partial charge on any atom is -0.356 e. The summed E-state index contributed by atoms with van der Waals surface area (Å²) in [6.45, 7) is 6.23. The molecule has 4 heteroatoms. The van der Waals surface area contributed by atoms with Gasteiger partial charge in [0.2, 0.25) is 5.95 Å². The number of piperidine rings is 1. The van der Waals surface area contributed by atoms with E-state index in [0.29, 0.717) is 5.95 Å². The molecule has 0 aliphatic carbocycles. The first-order chi connectivity index (χ1) is 13.7. The number of nitrogens with zero attached hydrogens (tertiary/aromatic N) is 3. The molecule has 1 fully saturated rings. The minimum absolute atomic E-state index is 0.673. The molecule has 0 radical (unpaired) electrons. The number of hydrogen-bond acceptors (Lipinski definition) is 4. The van der Waals surface area contributed by atoms with Crippen molar-refractivity contribution >= 4 is 17.5 Å². The molecule has 0 bridgehead atoms. The van der Waals surface area contributed by atoms with Crippen molar-refractivity contribution in [2.24, 2.45) is 5.92 Å². The molecule has 0 unspecified atom stereocenters. The zero-order chi connectivity index (χ0) is 19.3. The molecule has 1 N–H and O–H groups in total. The van der Waals surface area contributed by atoms with Crippen LogP contribution >= 0.6 is 0 Å². The van der Waals surface area contributed by atoms with Crippen LogP contribution in [-0.2, 0) is 6.42 Å². The van der Waals surface area contributed by atoms with Crippen LogP contribution < -0.4 is 10.2 Å². The number of anilines is 3. The number of nitrogens with one attached hydrogen (secondary N) is 1. The molecular formula is C24H28N4. The second kappa shape index (κ2) is 8.42. The standard InChI is InChI=1S/C24H28N4/c1-18-7-6-10-22(15-18)26-24-25-19(2)16-23(27-24)28-13-11-21(12-14-28)17-20-8-4-3-5-9-20/h3-10,15-16,21H,11-14,17H2,1-2H3,(H,25,26,27). The summed E-state index contributed by atoms with van der Waals surface area (Å²) in [5, 5.41) is 3.36. The van der Waals surface area contributed by atoms with Gasteiger partial charge in [-0.25, -0.2) is 4.98 Å². The van der Waals surface area contributed by atoms with E-state index in [0.717, 1.165) is 36.2 Å². The Morgan fingerprint density at radius 1 is 0.929 bits per heavy atom. The second-order valence-corrected chi connectivity index (χ2v) is 7.81. The Bertz CT molecular complexity index is 915. The van der Waals surface area contributed by atoms with Crippen LogP contribution in [0.5, 0.6) is 0 Å². The van der Waals surface area contributed by atoms with Crippen LogP contribution in [0.2, 0.25) is 0 Å². The maximum atomic E-state index is 4.79. The average Bonchev–Trinajstić information content (AvgIpc) is 2.69. The van der Waals surface area contributed by atoms with Gasteiger partial charge in [0.05, 0.1) is 0 Å². The zero-order valence-corrected chi connectivity index (χ0v) is 16.7. The van der Waals surface area contributed by atoms with Crippen molar-refractivity contribution in [2.45, 2.75) is 33.1 Å². The Morgan fingerprint density at radius 3 is 2.46 bits per heavy atom.